The number of carbonyl (C=O) groups is 1. The number of anilines is 1. The molecule has 2 atom stereocenters. The summed E-state index contributed by atoms with van der Waals surface area (Å²) in [6.45, 7) is 6.66. The normalized spacial score (nSPS) is 20.2. The third-order valence-electron chi connectivity index (χ3n) is 5.21. The third-order valence-corrected chi connectivity index (χ3v) is 6.78. The van der Waals surface area contributed by atoms with E-state index in [4.69, 9.17) is 5.73 Å². The molecule has 1 heterocycles. The fourth-order valence-corrected chi connectivity index (χ4v) is 5.10. The summed E-state index contributed by atoms with van der Waals surface area (Å²) in [4.78, 5) is 13.8. The average Bonchev–Trinajstić information content (AvgIpc) is 2.73. The second-order valence-corrected chi connectivity index (χ2v) is 9.26. The van der Waals surface area contributed by atoms with Crippen LogP contribution in [0.5, 0.6) is 0 Å². The minimum atomic E-state index is -0.469. The summed E-state index contributed by atoms with van der Waals surface area (Å²) < 4.78 is 27.8. The Labute approximate surface area is 187 Å². The largest absolute Gasteiger partial charge is 0.384 e. The van der Waals surface area contributed by atoms with Crippen molar-refractivity contribution in [3.05, 3.63) is 65.2 Å². The van der Waals surface area contributed by atoms with Gasteiger partial charge in [-0.2, -0.15) is 0 Å². The number of nitrogens with two attached hydrogens (primary N) is 1. The number of nitrogens with one attached hydrogen (secondary N) is 1. The number of carbonyl (C=O) groups excluding carboxylic acids is 1. The van der Waals surface area contributed by atoms with E-state index in [1.807, 2.05) is 12.1 Å². The Bertz CT molecular complexity index is 931. The molecule has 0 fully saturated rings. The predicted octanol–water partition coefficient (Wildman–Crippen LogP) is 5.37. The van der Waals surface area contributed by atoms with E-state index in [2.05, 4.69) is 29.4 Å². The van der Waals surface area contributed by atoms with Crippen LogP contribution < -0.4 is 11.1 Å². The zero-order valence-corrected chi connectivity index (χ0v) is 19.4. The Morgan fingerprint density at radius 1 is 1.26 bits per heavy atom. The quantitative estimate of drug-likeness (QED) is 0.478. The standard InChI is InChI=1S/C21H25F2N3S.C3H6O/c1-21(27-20(25-2)16-12-15(22)9-10-18(16)23)14(6-5-11-24)13-26-19-8-4-3-7-17(19)21;1-3(2)4/h3-4,7-10,12,14,26H,5-6,11,13,24H2,1-2H3;1-2H3/t14-,21-;/m0./s1. The third kappa shape index (κ3) is 6.37. The number of rotatable bonds is 5. The first-order chi connectivity index (χ1) is 14.7. The molecule has 0 saturated heterocycles. The van der Waals surface area contributed by atoms with Gasteiger partial charge in [0.15, 0.2) is 0 Å². The van der Waals surface area contributed by atoms with Crippen LogP contribution in [0.25, 0.3) is 0 Å². The summed E-state index contributed by atoms with van der Waals surface area (Å²) in [5.41, 5.74) is 8.18. The first kappa shape index (κ1) is 25.0. The number of Topliss-reactive ketones (excluding diaryl/α,β-unsaturated/α-hetero) is 1. The van der Waals surface area contributed by atoms with Crippen LogP contribution in [0, 0.1) is 17.6 Å². The minimum absolute atomic E-state index is 0.167. The van der Waals surface area contributed by atoms with E-state index in [0.29, 0.717) is 11.6 Å². The molecule has 2 aromatic rings. The minimum Gasteiger partial charge on any atom is -0.384 e. The van der Waals surface area contributed by atoms with Crippen LogP contribution in [0.2, 0.25) is 0 Å². The second kappa shape index (κ2) is 11.4. The van der Waals surface area contributed by atoms with Gasteiger partial charge in [0.05, 0.1) is 4.75 Å². The van der Waals surface area contributed by atoms with E-state index in [1.165, 1.54) is 31.7 Å². The molecule has 168 valence electrons. The van der Waals surface area contributed by atoms with Gasteiger partial charge >= 0.3 is 0 Å². The highest BCUT2D eigenvalue weighted by molar-refractivity contribution is 8.15. The Morgan fingerprint density at radius 3 is 2.58 bits per heavy atom. The molecule has 3 rings (SSSR count). The van der Waals surface area contributed by atoms with Gasteiger partial charge in [-0.3, -0.25) is 4.99 Å². The molecule has 2 aromatic carbocycles. The van der Waals surface area contributed by atoms with Crippen molar-refractivity contribution in [3.8, 4) is 0 Å². The van der Waals surface area contributed by atoms with Gasteiger partial charge in [0.1, 0.15) is 22.5 Å². The van der Waals surface area contributed by atoms with Crippen LogP contribution in [-0.2, 0) is 9.54 Å². The molecular formula is C24H31F2N3OS. The Morgan fingerprint density at radius 2 is 1.94 bits per heavy atom. The summed E-state index contributed by atoms with van der Waals surface area (Å²) in [6.07, 6.45) is 1.86. The molecule has 4 nitrogen and oxygen atoms in total. The van der Waals surface area contributed by atoms with Crippen molar-refractivity contribution in [1.29, 1.82) is 0 Å². The van der Waals surface area contributed by atoms with E-state index in [9.17, 15) is 13.6 Å². The maximum atomic E-state index is 14.4. The van der Waals surface area contributed by atoms with E-state index in [1.54, 1.807) is 7.05 Å². The Balaban J connectivity index is 0.000000785. The highest BCUT2D eigenvalue weighted by Crippen LogP contribution is 2.51. The fraction of sp³-hybridized carbons (Fsp3) is 0.417. The van der Waals surface area contributed by atoms with Crippen LogP contribution in [0.4, 0.5) is 14.5 Å². The topological polar surface area (TPSA) is 67.5 Å². The molecule has 0 radical (unpaired) electrons. The van der Waals surface area contributed by atoms with Crippen LogP contribution in [0.1, 0.15) is 44.7 Å². The van der Waals surface area contributed by atoms with Crippen molar-refractivity contribution < 1.29 is 13.6 Å². The molecule has 1 aliphatic rings. The molecule has 7 heteroatoms. The van der Waals surface area contributed by atoms with E-state index in [-0.39, 0.29) is 22.0 Å². The van der Waals surface area contributed by atoms with Crippen LogP contribution in [0.3, 0.4) is 0 Å². The number of aliphatic imine (C=N–C) groups is 1. The van der Waals surface area contributed by atoms with E-state index in [0.717, 1.165) is 42.8 Å². The van der Waals surface area contributed by atoms with Crippen LogP contribution in [-0.4, -0.2) is 31.0 Å². The van der Waals surface area contributed by atoms with Gasteiger partial charge < -0.3 is 15.8 Å². The van der Waals surface area contributed by atoms with Crippen LogP contribution >= 0.6 is 11.8 Å². The average molecular weight is 448 g/mol. The summed E-state index contributed by atoms with van der Waals surface area (Å²) >= 11 is 1.51. The van der Waals surface area contributed by atoms with Gasteiger partial charge in [-0.15, -0.1) is 0 Å². The smallest absolute Gasteiger partial charge is 0.133 e. The first-order valence-corrected chi connectivity index (χ1v) is 11.2. The van der Waals surface area contributed by atoms with Gasteiger partial charge in [-0.1, -0.05) is 30.0 Å². The molecule has 0 saturated carbocycles. The molecule has 1 aliphatic heterocycles. The van der Waals surface area contributed by atoms with Crippen molar-refractivity contribution in [2.24, 2.45) is 16.6 Å². The fourth-order valence-electron chi connectivity index (χ4n) is 3.68. The summed E-state index contributed by atoms with van der Waals surface area (Å²) in [5.74, 6) is -0.480. The van der Waals surface area contributed by atoms with Crippen molar-refractivity contribution in [2.45, 2.75) is 38.4 Å². The van der Waals surface area contributed by atoms with Crippen LogP contribution in [0.15, 0.2) is 47.5 Å². The van der Waals surface area contributed by atoms with Crippen molar-refractivity contribution in [1.82, 2.24) is 0 Å². The Hall–Kier alpha value is -2.25. The van der Waals surface area contributed by atoms with Gasteiger partial charge in [-0.25, -0.2) is 8.78 Å². The molecule has 0 aliphatic carbocycles. The molecule has 31 heavy (non-hydrogen) atoms. The number of ketones is 1. The number of para-hydroxylation sites is 1. The predicted molar refractivity (Wildman–Crippen MR) is 127 cm³/mol. The van der Waals surface area contributed by atoms with E-state index < -0.39 is 11.6 Å². The summed E-state index contributed by atoms with van der Waals surface area (Å²) in [6, 6.07) is 11.7. The van der Waals surface area contributed by atoms with Gasteiger partial charge in [0.2, 0.25) is 0 Å². The highest BCUT2D eigenvalue weighted by atomic mass is 32.2. The molecule has 0 amide bonds. The van der Waals surface area contributed by atoms with Gasteiger partial charge in [0, 0.05) is 24.8 Å². The number of thioether (sulfide) groups is 1. The molecule has 0 spiro atoms. The Kier molecular flexibility index (Phi) is 9.19. The maximum Gasteiger partial charge on any atom is 0.133 e. The molecular weight excluding hydrogens is 416 g/mol. The lowest BCUT2D eigenvalue weighted by molar-refractivity contribution is -0.114. The van der Waals surface area contributed by atoms with Crippen molar-refractivity contribution in [3.63, 3.8) is 0 Å². The SMILES string of the molecule is CC(C)=O.CN=C(S[C@]1(C)c2ccccc2NC[C@@H]1CCCN)c1cc(F)ccc1F. The number of hydrogen-bond acceptors (Lipinski definition) is 5. The van der Waals surface area contributed by atoms with Gasteiger partial charge in [-0.05, 0) is 75.9 Å². The monoisotopic (exact) mass is 447 g/mol. The number of hydrogen-bond donors (Lipinski definition) is 2. The first-order valence-electron chi connectivity index (χ1n) is 10.3. The highest BCUT2D eigenvalue weighted by Gasteiger charge is 2.42. The lowest BCUT2D eigenvalue weighted by atomic mass is 9.80. The number of halogens is 2. The maximum absolute atomic E-state index is 14.4. The number of benzene rings is 2. The van der Waals surface area contributed by atoms with E-state index >= 15 is 0 Å². The summed E-state index contributed by atoms with van der Waals surface area (Å²) in [7, 11) is 1.62. The van der Waals surface area contributed by atoms with Gasteiger partial charge in [0.25, 0.3) is 0 Å². The summed E-state index contributed by atoms with van der Waals surface area (Å²) in [5, 5.41) is 4.00. The molecule has 0 unspecified atom stereocenters. The molecule has 0 aromatic heterocycles. The molecule has 0 bridgehead atoms. The lowest BCUT2D eigenvalue weighted by Crippen LogP contribution is -2.40. The lowest BCUT2D eigenvalue weighted by Gasteiger charge is -2.43. The number of nitrogens with zero attached hydrogens (tertiary/aromatic N) is 1. The zero-order valence-electron chi connectivity index (χ0n) is 18.5. The number of fused-ring (bicyclic) bond motifs is 1. The second-order valence-electron chi connectivity index (χ2n) is 7.82. The van der Waals surface area contributed by atoms with Crippen molar-refractivity contribution >= 4 is 28.3 Å². The van der Waals surface area contributed by atoms with Crippen molar-refractivity contribution in [2.75, 3.05) is 25.5 Å². The molecule has 3 N–H and O–H groups in total. The zero-order chi connectivity index (χ0) is 23.0.